The molecule has 1 N–H and O–H groups in total. The van der Waals surface area contributed by atoms with Crippen LogP contribution in [0, 0.1) is 0 Å². The predicted molar refractivity (Wildman–Crippen MR) is 79.4 cm³/mol. The molecular formula is C16H25N3O. The fraction of sp³-hybridized carbons (Fsp3) is 0.688. The molecule has 0 radical (unpaired) electrons. The van der Waals surface area contributed by atoms with E-state index in [9.17, 15) is 0 Å². The minimum atomic E-state index is 0.456. The maximum atomic E-state index is 5.94. The van der Waals surface area contributed by atoms with Crippen molar-refractivity contribution in [1.29, 1.82) is 0 Å². The maximum Gasteiger partial charge on any atom is 0.0731 e. The number of nitrogens with zero attached hydrogens (tertiary/aromatic N) is 2. The third-order valence-corrected chi connectivity index (χ3v) is 4.43. The molecule has 4 heteroatoms. The Morgan fingerprint density at radius 3 is 3.05 bits per heavy atom. The van der Waals surface area contributed by atoms with E-state index in [4.69, 9.17) is 9.72 Å². The summed E-state index contributed by atoms with van der Waals surface area (Å²) < 4.78 is 5.94. The standard InChI is InChI=1S/C16H25N3O/c1-17-11-13-5-4-6-14(18-13)12-19-9-10-20-16-8-3-2-7-15(16)19/h4-6,15-17H,2-3,7-12H2,1H3. The van der Waals surface area contributed by atoms with Crippen molar-refractivity contribution < 1.29 is 4.74 Å². The summed E-state index contributed by atoms with van der Waals surface area (Å²) in [4.78, 5) is 7.33. The van der Waals surface area contributed by atoms with Crippen molar-refractivity contribution in [2.75, 3.05) is 20.2 Å². The number of hydrogen-bond acceptors (Lipinski definition) is 4. The molecule has 2 unspecified atom stereocenters. The first kappa shape index (κ1) is 14.0. The quantitative estimate of drug-likeness (QED) is 0.911. The Balaban J connectivity index is 1.68. The van der Waals surface area contributed by atoms with Crippen molar-refractivity contribution in [2.24, 2.45) is 0 Å². The molecule has 0 amide bonds. The maximum absolute atomic E-state index is 5.94. The largest absolute Gasteiger partial charge is 0.375 e. The molecule has 2 heterocycles. The highest BCUT2D eigenvalue weighted by Gasteiger charge is 2.34. The minimum Gasteiger partial charge on any atom is -0.375 e. The van der Waals surface area contributed by atoms with Gasteiger partial charge in [0, 0.05) is 25.7 Å². The Morgan fingerprint density at radius 1 is 1.30 bits per heavy atom. The number of ether oxygens (including phenoxy) is 1. The van der Waals surface area contributed by atoms with E-state index in [0.29, 0.717) is 12.1 Å². The number of hydrogen-bond donors (Lipinski definition) is 1. The minimum absolute atomic E-state index is 0.456. The summed E-state index contributed by atoms with van der Waals surface area (Å²) in [7, 11) is 1.96. The van der Waals surface area contributed by atoms with E-state index in [0.717, 1.165) is 31.9 Å². The van der Waals surface area contributed by atoms with E-state index in [1.807, 2.05) is 7.05 Å². The molecule has 110 valence electrons. The lowest BCUT2D eigenvalue weighted by molar-refractivity contribution is -0.0914. The van der Waals surface area contributed by atoms with E-state index in [1.54, 1.807) is 0 Å². The van der Waals surface area contributed by atoms with Crippen LogP contribution in [-0.2, 0) is 17.8 Å². The fourth-order valence-corrected chi connectivity index (χ4v) is 3.48. The predicted octanol–water partition coefficient (Wildman–Crippen LogP) is 1.94. The van der Waals surface area contributed by atoms with Crippen molar-refractivity contribution in [1.82, 2.24) is 15.2 Å². The average Bonchev–Trinajstić information content (AvgIpc) is 2.48. The van der Waals surface area contributed by atoms with Gasteiger partial charge in [0.2, 0.25) is 0 Å². The summed E-state index contributed by atoms with van der Waals surface area (Å²) in [6.07, 6.45) is 5.63. The first-order valence-electron chi connectivity index (χ1n) is 7.82. The molecule has 2 aliphatic rings. The number of nitrogens with one attached hydrogen (secondary N) is 1. The van der Waals surface area contributed by atoms with E-state index < -0.39 is 0 Å². The Labute approximate surface area is 121 Å². The van der Waals surface area contributed by atoms with Gasteiger partial charge in [-0.15, -0.1) is 0 Å². The first-order chi connectivity index (χ1) is 9.86. The van der Waals surface area contributed by atoms with Gasteiger partial charge in [-0.3, -0.25) is 9.88 Å². The van der Waals surface area contributed by atoms with Crippen LogP contribution in [0.5, 0.6) is 0 Å². The van der Waals surface area contributed by atoms with Crippen LogP contribution < -0.4 is 5.32 Å². The van der Waals surface area contributed by atoms with Gasteiger partial charge in [-0.05, 0) is 32.0 Å². The Bertz CT molecular complexity index is 435. The van der Waals surface area contributed by atoms with Crippen LogP contribution in [0.15, 0.2) is 18.2 Å². The van der Waals surface area contributed by atoms with Gasteiger partial charge >= 0.3 is 0 Å². The fourth-order valence-electron chi connectivity index (χ4n) is 3.48. The highest BCUT2D eigenvalue weighted by atomic mass is 16.5. The SMILES string of the molecule is CNCc1cccc(CN2CCOC3CCCCC32)n1. The number of morpholine rings is 1. The highest BCUT2D eigenvalue weighted by molar-refractivity contribution is 5.11. The van der Waals surface area contributed by atoms with Crippen LogP contribution in [0.3, 0.4) is 0 Å². The van der Waals surface area contributed by atoms with Crippen LogP contribution in [-0.4, -0.2) is 42.2 Å². The second kappa shape index (κ2) is 6.66. The highest BCUT2D eigenvalue weighted by Crippen LogP contribution is 2.29. The zero-order valence-corrected chi connectivity index (χ0v) is 12.3. The lowest BCUT2D eigenvalue weighted by Gasteiger charge is -2.43. The molecule has 2 atom stereocenters. The normalized spacial score (nSPS) is 27.2. The van der Waals surface area contributed by atoms with E-state index >= 15 is 0 Å². The van der Waals surface area contributed by atoms with Crippen LogP contribution in [0.1, 0.15) is 37.1 Å². The third kappa shape index (κ3) is 3.19. The lowest BCUT2D eigenvalue weighted by Crippen LogP contribution is -2.52. The van der Waals surface area contributed by atoms with Gasteiger partial charge in [-0.2, -0.15) is 0 Å². The summed E-state index contributed by atoms with van der Waals surface area (Å²) in [6.45, 7) is 3.71. The van der Waals surface area contributed by atoms with Crippen LogP contribution in [0.25, 0.3) is 0 Å². The van der Waals surface area contributed by atoms with Gasteiger partial charge in [0.15, 0.2) is 0 Å². The summed E-state index contributed by atoms with van der Waals surface area (Å²) in [5.41, 5.74) is 2.31. The zero-order chi connectivity index (χ0) is 13.8. The molecular weight excluding hydrogens is 250 g/mol. The van der Waals surface area contributed by atoms with Gasteiger partial charge in [0.25, 0.3) is 0 Å². The molecule has 1 aliphatic heterocycles. The summed E-state index contributed by atoms with van der Waals surface area (Å²) in [5.74, 6) is 0. The molecule has 1 saturated carbocycles. The van der Waals surface area contributed by atoms with Crippen molar-refractivity contribution in [2.45, 2.75) is 50.9 Å². The van der Waals surface area contributed by atoms with Crippen molar-refractivity contribution in [3.63, 3.8) is 0 Å². The molecule has 3 rings (SSSR count). The molecule has 2 fully saturated rings. The topological polar surface area (TPSA) is 37.4 Å². The summed E-state index contributed by atoms with van der Waals surface area (Å²) >= 11 is 0. The smallest absolute Gasteiger partial charge is 0.0731 e. The second-order valence-corrected chi connectivity index (χ2v) is 5.88. The summed E-state index contributed by atoms with van der Waals surface area (Å²) in [5, 5.41) is 3.16. The lowest BCUT2D eigenvalue weighted by atomic mass is 9.90. The first-order valence-corrected chi connectivity index (χ1v) is 7.82. The van der Waals surface area contributed by atoms with Gasteiger partial charge in [-0.25, -0.2) is 0 Å². The molecule has 1 aromatic heterocycles. The van der Waals surface area contributed by atoms with Crippen molar-refractivity contribution >= 4 is 0 Å². The number of fused-ring (bicyclic) bond motifs is 1. The van der Waals surface area contributed by atoms with E-state index in [-0.39, 0.29) is 0 Å². The van der Waals surface area contributed by atoms with Crippen molar-refractivity contribution in [3.8, 4) is 0 Å². The number of pyridine rings is 1. The third-order valence-electron chi connectivity index (χ3n) is 4.43. The molecule has 20 heavy (non-hydrogen) atoms. The molecule has 0 bridgehead atoms. The van der Waals surface area contributed by atoms with Crippen molar-refractivity contribution in [3.05, 3.63) is 29.6 Å². The molecule has 1 aliphatic carbocycles. The Kier molecular flexibility index (Phi) is 4.65. The van der Waals surface area contributed by atoms with Gasteiger partial charge in [-0.1, -0.05) is 18.9 Å². The van der Waals surface area contributed by atoms with E-state index in [2.05, 4.69) is 28.4 Å². The summed E-state index contributed by atoms with van der Waals surface area (Å²) in [6, 6.07) is 6.95. The second-order valence-electron chi connectivity index (χ2n) is 5.88. The molecule has 4 nitrogen and oxygen atoms in total. The van der Waals surface area contributed by atoms with Gasteiger partial charge < -0.3 is 10.1 Å². The molecule has 1 aromatic rings. The molecule has 0 aromatic carbocycles. The van der Waals surface area contributed by atoms with E-state index in [1.165, 1.54) is 31.4 Å². The number of rotatable bonds is 4. The van der Waals surface area contributed by atoms with Crippen LogP contribution >= 0.6 is 0 Å². The van der Waals surface area contributed by atoms with Crippen LogP contribution in [0.4, 0.5) is 0 Å². The van der Waals surface area contributed by atoms with Crippen LogP contribution in [0.2, 0.25) is 0 Å². The molecule has 0 spiro atoms. The monoisotopic (exact) mass is 275 g/mol. The Hall–Kier alpha value is -0.970. The van der Waals surface area contributed by atoms with Gasteiger partial charge in [0.05, 0.1) is 24.1 Å². The zero-order valence-electron chi connectivity index (χ0n) is 12.3. The average molecular weight is 275 g/mol. The number of aromatic nitrogens is 1. The van der Waals surface area contributed by atoms with Gasteiger partial charge in [0.1, 0.15) is 0 Å². The Morgan fingerprint density at radius 2 is 2.15 bits per heavy atom. The molecule has 1 saturated heterocycles.